The molecule has 0 aromatic carbocycles. The van der Waals surface area contributed by atoms with Crippen molar-refractivity contribution in [3.63, 3.8) is 0 Å². The number of likely N-dealkylation sites (tertiary alicyclic amines) is 1. The molecule has 1 aromatic rings. The minimum Gasteiger partial charge on any atom is -0.375 e. The van der Waals surface area contributed by atoms with E-state index in [0.29, 0.717) is 6.04 Å². The van der Waals surface area contributed by atoms with Crippen LogP contribution in [0.3, 0.4) is 0 Å². The molecule has 0 radical (unpaired) electrons. The van der Waals surface area contributed by atoms with Gasteiger partial charge in [-0.2, -0.15) is 0 Å². The summed E-state index contributed by atoms with van der Waals surface area (Å²) in [5.41, 5.74) is 1.09. The monoisotopic (exact) mass is 350 g/mol. The highest BCUT2D eigenvalue weighted by Gasteiger charge is 2.42. The molecule has 3 heterocycles. The number of nitrogens with zero attached hydrogens (tertiary/aromatic N) is 2. The average Bonchev–Trinajstić information content (AvgIpc) is 3.02. The van der Waals surface area contributed by atoms with Gasteiger partial charge in [0, 0.05) is 25.7 Å². The molecule has 0 N–H and O–H groups in total. The fourth-order valence-corrected chi connectivity index (χ4v) is 5.15. The lowest BCUT2D eigenvalue weighted by Crippen LogP contribution is -2.54. The second-order valence-electron chi connectivity index (χ2n) is 7.12. The molecule has 2 aliphatic heterocycles. The van der Waals surface area contributed by atoms with E-state index in [-0.39, 0.29) is 11.5 Å². The Morgan fingerprint density at radius 3 is 2.67 bits per heavy atom. The molecule has 2 aliphatic rings. The Labute approximate surface area is 149 Å². The first-order chi connectivity index (χ1) is 11.6. The number of aryl methyl sites for hydroxylation is 1. The second-order valence-corrected chi connectivity index (χ2v) is 8.04. The molecule has 4 nitrogen and oxygen atoms in total. The molecular weight excluding hydrogens is 320 g/mol. The maximum atomic E-state index is 12.7. The van der Waals surface area contributed by atoms with Crippen molar-refractivity contribution in [2.45, 2.75) is 58.1 Å². The van der Waals surface area contributed by atoms with Crippen molar-refractivity contribution in [3.05, 3.63) is 21.9 Å². The Bertz CT molecular complexity index is 559. The van der Waals surface area contributed by atoms with Gasteiger partial charge in [-0.3, -0.25) is 4.79 Å². The van der Waals surface area contributed by atoms with E-state index in [1.807, 2.05) is 23.3 Å². The number of amides is 1. The van der Waals surface area contributed by atoms with Crippen LogP contribution in [0, 0.1) is 6.92 Å². The van der Waals surface area contributed by atoms with E-state index in [2.05, 4.69) is 18.7 Å². The Hall–Kier alpha value is -0.910. The molecule has 1 unspecified atom stereocenters. The molecule has 0 aliphatic carbocycles. The van der Waals surface area contributed by atoms with Crippen molar-refractivity contribution in [3.8, 4) is 0 Å². The smallest absolute Gasteiger partial charge is 0.264 e. The lowest BCUT2D eigenvalue weighted by molar-refractivity contribution is -0.129. The Morgan fingerprint density at radius 2 is 2.08 bits per heavy atom. The van der Waals surface area contributed by atoms with Crippen LogP contribution in [0.2, 0.25) is 0 Å². The van der Waals surface area contributed by atoms with Crippen molar-refractivity contribution in [1.82, 2.24) is 9.80 Å². The predicted octanol–water partition coefficient (Wildman–Crippen LogP) is 3.55. The fourth-order valence-electron chi connectivity index (χ4n) is 4.25. The standard InChI is InChI=1S/C19H30N2O2S/c1-4-20(5-2)16-6-12-23-19(14-16)8-10-21(11-9-19)18(22)17-15(3)7-13-24-17/h7,13,16H,4-6,8-12,14H2,1-3H3. The fraction of sp³-hybridized carbons (Fsp3) is 0.737. The van der Waals surface area contributed by atoms with E-state index < -0.39 is 0 Å². The van der Waals surface area contributed by atoms with Crippen LogP contribution >= 0.6 is 11.3 Å². The minimum absolute atomic E-state index is 0.00716. The summed E-state index contributed by atoms with van der Waals surface area (Å²) in [5, 5.41) is 2.01. The first-order valence-electron chi connectivity index (χ1n) is 9.30. The maximum Gasteiger partial charge on any atom is 0.264 e. The molecule has 24 heavy (non-hydrogen) atoms. The summed E-state index contributed by atoms with van der Waals surface area (Å²) in [5.74, 6) is 0.202. The lowest BCUT2D eigenvalue weighted by Gasteiger charge is -2.48. The van der Waals surface area contributed by atoms with Crippen molar-refractivity contribution < 1.29 is 9.53 Å². The average molecular weight is 351 g/mol. The van der Waals surface area contributed by atoms with Crippen LogP contribution < -0.4 is 0 Å². The van der Waals surface area contributed by atoms with Gasteiger partial charge in [0.2, 0.25) is 0 Å². The van der Waals surface area contributed by atoms with Gasteiger partial charge in [-0.1, -0.05) is 13.8 Å². The molecule has 1 amide bonds. The number of hydrogen-bond acceptors (Lipinski definition) is 4. The Morgan fingerprint density at radius 1 is 1.38 bits per heavy atom. The van der Waals surface area contributed by atoms with Crippen LogP contribution in [0.15, 0.2) is 11.4 Å². The molecular formula is C19H30N2O2S. The van der Waals surface area contributed by atoms with Crippen molar-refractivity contribution in [2.24, 2.45) is 0 Å². The van der Waals surface area contributed by atoms with E-state index in [9.17, 15) is 4.79 Å². The van der Waals surface area contributed by atoms with Crippen LogP contribution in [-0.4, -0.2) is 60.1 Å². The summed E-state index contributed by atoms with van der Waals surface area (Å²) >= 11 is 1.56. The number of ether oxygens (including phenoxy) is 1. The molecule has 1 spiro atoms. The second kappa shape index (κ2) is 7.54. The summed E-state index contributed by atoms with van der Waals surface area (Å²) in [6, 6.07) is 2.66. The van der Waals surface area contributed by atoms with E-state index in [1.165, 1.54) is 0 Å². The predicted molar refractivity (Wildman–Crippen MR) is 98.8 cm³/mol. The van der Waals surface area contributed by atoms with E-state index in [0.717, 1.165) is 68.9 Å². The highest BCUT2D eigenvalue weighted by Crippen LogP contribution is 2.37. The number of hydrogen-bond donors (Lipinski definition) is 0. The number of piperidine rings is 1. The molecule has 3 rings (SSSR count). The number of rotatable bonds is 4. The molecule has 2 saturated heterocycles. The van der Waals surface area contributed by atoms with Gasteiger partial charge in [-0.25, -0.2) is 0 Å². The van der Waals surface area contributed by atoms with Crippen LogP contribution in [0.4, 0.5) is 0 Å². The molecule has 0 saturated carbocycles. The molecule has 1 atom stereocenters. The molecule has 5 heteroatoms. The third-order valence-corrected chi connectivity index (χ3v) is 6.82. The first-order valence-corrected chi connectivity index (χ1v) is 10.2. The van der Waals surface area contributed by atoms with Gasteiger partial charge >= 0.3 is 0 Å². The molecule has 2 fully saturated rings. The zero-order chi connectivity index (χ0) is 17.2. The van der Waals surface area contributed by atoms with Gasteiger partial charge in [0.25, 0.3) is 5.91 Å². The van der Waals surface area contributed by atoms with Gasteiger partial charge in [0.05, 0.1) is 10.5 Å². The van der Waals surface area contributed by atoms with Crippen LogP contribution in [0.1, 0.15) is 54.8 Å². The van der Waals surface area contributed by atoms with Crippen LogP contribution in [0.5, 0.6) is 0 Å². The summed E-state index contributed by atoms with van der Waals surface area (Å²) in [6.45, 7) is 11.2. The van der Waals surface area contributed by atoms with Crippen molar-refractivity contribution in [1.29, 1.82) is 0 Å². The summed E-state index contributed by atoms with van der Waals surface area (Å²) in [6.07, 6.45) is 4.21. The molecule has 1 aromatic heterocycles. The van der Waals surface area contributed by atoms with Gasteiger partial charge in [-0.15, -0.1) is 11.3 Å². The van der Waals surface area contributed by atoms with Gasteiger partial charge in [0.15, 0.2) is 0 Å². The van der Waals surface area contributed by atoms with Crippen molar-refractivity contribution >= 4 is 17.2 Å². The highest BCUT2D eigenvalue weighted by atomic mass is 32.1. The first kappa shape index (κ1) is 17.9. The SMILES string of the molecule is CCN(CC)C1CCOC2(CCN(C(=O)c3sccc3C)CC2)C1. The minimum atomic E-state index is -0.00716. The summed E-state index contributed by atoms with van der Waals surface area (Å²) in [4.78, 5) is 18.2. The number of thiophene rings is 1. The van der Waals surface area contributed by atoms with E-state index >= 15 is 0 Å². The van der Waals surface area contributed by atoms with Gasteiger partial charge < -0.3 is 14.5 Å². The summed E-state index contributed by atoms with van der Waals surface area (Å²) in [7, 11) is 0. The van der Waals surface area contributed by atoms with Crippen LogP contribution in [-0.2, 0) is 4.74 Å². The third kappa shape index (κ3) is 3.53. The lowest BCUT2D eigenvalue weighted by atomic mass is 9.81. The van der Waals surface area contributed by atoms with Gasteiger partial charge in [0.1, 0.15) is 0 Å². The van der Waals surface area contributed by atoms with E-state index in [1.54, 1.807) is 11.3 Å². The van der Waals surface area contributed by atoms with Crippen LogP contribution in [0.25, 0.3) is 0 Å². The third-order valence-electron chi connectivity index (χ3n) is 5.81. The molecule has 134 valence electrons. The number of carbonyl (C=O) groups is 1. The highest BCUT2D eigenvalue weighted by molar-refractivity contribution is 7.12. The van der Waals surface area contributed by atoms with E-state index in [4.69, 9.17) is 4.74 Å². The Balaban J connectivity index is 1.61. The largest absolute Gasteiger partial charge is 0.375 e. The van der Waals surface area contributed by atoms with Crippen molar-refractivity contribution in [2.75, 3.05) is 32.8 Å². The zero-order valence-electron chi connectivity index (χ0n) is 15.2. The normalized spacial score (nSPS) is 23.8. The number of carbonyl (C=O) groups excluding carboxylic acids is 1. The zero-order valence-corrected chi connectivity index (χ0v) is 16.0. The van der Waals surface area contributed by atoms with Gasteiger partial charge in [-0.05, 0) is 62.7 Å². The quantitative estimate of drug-likeness (QED) is 0.832. The Kier molecular flexibility index (Phi) is 5.63. The molecule has 0 bridgehead atoms. The topological polar surface area (TPSA) is 32.8 Å². The summed E-state index contributed by atoms with van der Waals surface area (Å²) < 4.78 is 6.26. The maximum absolute atomic E-state index is 12.7.